The number of hydrogen-bond acceptors (Lipinski definition) is 0. The first-order valence-corrected chi connectivity index (χ1v) is 5.19. The molecule has 0 spiro atoms. The van der Waals surface area contributed by atoms with E-state index in [-0.39, 0.29) is 0 Å². The Labute approximate surface area is 76.4 Å². The summed E-state index contributed by atoms with van der Waals surface area (Å²) in [5.74, 6) is 0.726. The van der Waals surface area contributed by atoms with Crippen LogP contribution in [0.5, 0.6) is 0 Å². The second-order valence-corrected chi connectivity index (χ2v) is 3.61. The van der Waals surface area contributed by atoms with E-state index in [4.69, 9.17) is 0 Å². The van der Waals surface area contributed by atoms with Crippen molar-refractivity contribution in [2.24, 2.45) is 5.92 Å². The van der Waals surface area contributed by atoms with Crippen LogP contribution in [0.15, 0.2) is 23.3 Å². The molecule has 1 aliphatic rings. The molecule has 0 fully saturated rings. The third kappa shape index (κ3) is 2.23. The Kier molecular flexibility index (Phi) is 3.58. The fourth-order valence-electron chi connectivity index (χ4n) is 1.78. The average molecular weight is 164 g/mol. The molecule has 1 aliphatic carbocycles. The van der Waals surface area contributed by atoms with Crippen molar-refractivity contribution in [3.63, 3.8) is 0 Å². The Hall–Kier alpha value is -0.520. The van der Waals surface area contributed by atoms with Gasteiger partial charge in [-0.05, 0) is 31.6 Å². The Bertz CT molecular complexity index is 176. The average Bonchev–Trinajstić information content (AvgIpc) is 2.16. The molecule has 0 radical (unpaired) electrons. The van der Waals surface area contributed by atoms with Gasteiger partial charge in [0.2, 0.25) is 0 Å². The summed E-state index contributed by atoms with van der Waals surface area (Å²) >= 11 is 0. The maximum Gasteiger partial charge on any atom is -0.00505 e. The number of rotatable bonds is 3. The monoisotopic (exact) mass is 164 g/mol. The van der Waals surface area contributed by atoms with Crippen molar-refractivity contribution in [2.45, 2.75) is 46.5 Å². The minimum atomic E-state index is 0.726. The quantitative estimate of drug-likeness (QED) is 0.551. The van der Waals surface area contributed by atoms with E-state index in [1.54, 1.807) is 11.1 Å². The van der Waals surface area contributed by atoms with Gasteiger partial charge in [-0.1, -0.05) is 44.1 Å². The van der Waals surface area contributed by atoms with Gasteiger partial charge in [-0.15, -0.1) is 0 Å². The lowest BCUT2D eigenvalue weighted by molar-refractivity contribution is 0.717. The minimum Gasteiger partial charge on any atom is -0.0781 e. The molecule has 12 heavy (non-hydrogen) atoms. The summed E-state index contributed by atoms with van der Waals surface area (Å²) in [6, 6.07) is 0. The lowest BCUT2D eigenvalue weighted by atomic mass is 9.88. The van der Waals surface area contributed by atoms with Gasteiger partial charge in [0.1, 0.15) is 0 Å². The molecule has 1 rings (SSSR count). The number of hydrogen-bond donors (Lipinski definition) is 0. The van der Waals surface area contributed by atoms with E-state index in [0.717, 1.165) is 5.92 Å². The molecule has 68 valence electrons. The first-order valence-electron chi connectivity index (χ1n) is 5.19. The van der Waals surface area contributed by atoms with Gasteiger partial charge >= 0.3 is 0 Å². The fraction of sp³-hybridized carbons (Fsp3) is 0.667. The van der Waals surface area contributed by atoms with Gasteiger partial charge in [0.15, 0.2) is 0 Å². The maximum absolute atomic E-state index is 2.46. The Morgan fingerprint density at radius 3 is 1.92 bits per heavy atom. The molecule has 0 aliphatic heterocycles. The summed E-state index contributed by atoms with van der Waals surface area (Å²) < 4.78 is 0. The second kappa shape index (κ2) is 4.49. The van der Waals surface area contributed by atoms with Crippen LogP contribution in [-0.2, 0) is 0 Å². The third-order valence-corrected chi connectivity index (χ3v) is 2.73. The topological polar surface area (TPSA) is 0 Å². The molecule has 0 heterocycles. The van der Waals surface area contributed by atoms with Gasteiger partial charge < -0.3 is 0 Å². The zero-order valence-electron chi connectivity index (χ0n) is 8.56. The molecule has 0 aromatic carbocycles. The first-order chi connectivity index (χ1) is 5.80. The van der Waals surface area contributed by atoms with E-state index < -0.39 is 0 Å². The zero-order chi connectivity index (χ0) is 8.97. The van der Waals surface area contributed by atoms with Crippen molar-refractivity contribution in [1.82, 2.24) is 0 Å². The molecule has 0 bridgehead atoms. The van der Waals surface area contributed by atoms with Crippen molar-refractivity contribution < 1.29 is 0 Å². The van der Waals surface area contributed by atoms with E-state index in [9.17, 15) is 0 Å². The van der Waals surface area contributed by atoms with Crippen LogP contribution in [0.1, 0.15) is 46.5 Å². The first kappa shape index (κ1) is 9.57. The molecule has 0 saturated heterocycles. The Balaban J connectivity index is 2.67. The van der Waals surface area contributed by atoms with E-state index in [0.29, 0.717) is 0 Å². The van der Waals surface area contributed by atoms with Crippen LogP contribution in [0, 0.1) is 5.92 Å². The Morgan fingerprint density at radius 1 is 1.08 bits per heavy atom. The molecular formula is C12H20. The van der Waals surface area contributed by atoms with Crippen LogP contribution in [0.4, 0.5) is 0 Å². The summed E-state index contributed by atoms with van der Waals surface area (Å²) in [6.07, 6.45) is 9.87. The van der Waals surface area contributed by atoms with Crippen molar-refractivity contribution in [3.05, 3.63) is 23.3 Å². The summed E-state index contributed by atoms with van der Waals surface area (Å²) in [7, 11) is 0. The summed E-state index contributed by atoms with van der Waals surface area (Å²) in [6.45, 7) is 6.79. The van der Waals surface area contributed by atoms with E-state index in [1.165, 1.54) is 25.7 Å². The molecule has 0 nitrogen and oxygen atoms in total. The minimum absolute atomic E-state index is 0.726. The van der Waals surface area contributed by atoms with E-state index >= 15 is 0 Å². The molecule has 0 saturated carbocycles. The standard InChI is InChI=1S/C12H20/c1-4-10-7-11(5-2)9-12(6-3)8-10/h7-8,10H,4-6,9H2,1-3H3. The smallest absolute Gasteiger partial charge is 0.00505 e. The summed E-state index contributed by atoms with van der Waals surface area (Å²) in [4.78, 5) is 0. The van der Waals surface area contributed by atoms with Gasteiger partial charge in [-0.25, -0.2) is 0 Å². The Morgan fingerprint density at radius 2 is 1.58 bits per heavy atom. The largest absolute Gasteiger partial charge is 0.0781 e. The van der Waals surface area contributed by atoms with E-state index in [1.807, 2.05) is 0 Å². The van der Waals surface area contributed by atoms with Crippen LogP contribution in [0.2, 0.25) is 0 Å². The highest BCUT2D eigenvalue weighted by Crippen LogP contribution is 2.27. The maximum atomic E-state index is 2.46. The zero-order valence-corrected chi connectivity index (χ0v) is 8.56. The highest BCUT2D eigenvalue weighted by atomic mass is 14.2. The highest BCUT2D eigenvalue weighted by molar-refractivity contribution is 5.24. The normalized spacial score (nSPS) is 18.9. The SMILES string of the molecule is CCC1=CC(CC)C=C(CC)C1. The predicted molar refractivity (Wildman–Crippen MR) is 55.1 cm³/mol. The molecule has 0 amide bonds. The van der Waals surface area contributed by atoms with Crippen LogP contribution < -0.4 is 0 Å². The van der Waals surface area contributed by atoms with Gasteiger partial charge in [0.05, 0.1) is 0 Å². The van der Waals surface area contributed by atoms with Crippen molar-refractivity contribution >= 4 is 0 Å². The molecule has 0 unspecified atom stereocenters. The third-order valence-electron chi connectivity index (χ3n) is 2.73. The molecule has 0 aromatic rings. The molecule has 0 heteroatoms. The molecular weight excluding hydrogens is 144 g/mol. The summed E-state index contributed by atoms with van der Waals surface area (Å²) in [5, 5.41) is 0. The predicted octanol–water partition coefficient (Wildman–Crippen LogP) is 4.09. The van der Waals surface area contributed by atoms with Crippen molar-refractivity contribution in [1.29, 1.82) is 0 Å². The van der Waals surface area contributed by atoms with Gasteiger partial charge in [0, 0.05) is 0 Å². The number of allylic oxidation sites excluding steroid dienone is 4. The van der Waals surface area contributed by atoms with Crippen LogP contribution in [0.3, 0.4) is 0 Å². The lowest BCUT2D eigenvalue weighted by Gasteiger charge is -2.18. The van der Waals surface area contributed by atoms with Crippen LogP contribution in [0.25, 0.3) is 0 Å². The fourth-order valence-corrected chi connectivity index (χ4v) is 1.78. The van der Waals surface area contributed by atoms with Crippen LogP contribution >= 0.6 is 0 Å². The molecule has 0 aromatic heterocycles. The van der Waals surface area contributed by atoms with Gasteiger partial charge in [-0.2, -0.15) is 0 Å². The molecule has 0 N–H and O–H groups in total. The highest BCUT2D eigenvalue weighted by Gasteiger charge is 2.10. The van der Waals surface area contributed by atoms with Gasteiger partial charge in [0.25, 0.3) is 0 Å². The summed E-state index contributed by atoms with van der Waals surface area (Å²) in [5.41, 5.74) is 3.28. The van der Waals surface area contributed by atoms with Crippen molar-refractivity contribution in [2.75, 3.05) is 0 Å². The molecule has 0 atom stereocenters. The van der Waals surface area contributed by atoms with E-state index in [2.05, 4.69) is 32.9 Å². The van der Waals surface area contributed by atoms with Crippen LogP contribution in [-0.4, -0.2) is 0 Å². The van der Waals surface area contributed by atoms with Gasteiger partial charge in [-0.3, -0.25) is 0 Å². The second-order valence-electron chi connectivity index (χ2n) is 3.61. The van der Waals surface area contributed by atoms with Crippen molar-refractivity contribution in [3.8, 4) is 0 Å². The lowest BCUT2D eigenvalue weighted by Crippen LogP contribution is -2.01.